The number of hydrogen-bond donors (Lipinski definition) is 0. The Morgan fingerprint density at radius 1 is 1.24 bits per heavy atom. The van der Waals surface area contributed by atoms with Crippen molar-refractivity contribution in [3.8, 4) is 17.3 Å². The third-order valence-electron chi connectivity index (χ3n) is 3.43. The van der Waals surface area contributed by atoms with Crippen LogP contribution in [-0.4, -0.2) is 9.91 Å². The normalized spacial score (nSPS) is 11.1. The lowest BCUT2D eigenvalue weighted by Crippen LogP contribution is -1.87. The van der Waals surface area contributed by atoms with Crippen molar-refractivity contribution in [3.63, 3.8) is 0 Å². The Labute approximate surface area is 152 Å². The smallest absolute Gasteiger partial charge is 0.258 e. The van der Waals surface area contributed by atoms with E-state index in [2.05, 4.69) is 11.1 Å². The summed E-state index contributed by atoms with van der Waals surface area (Å²) in [6.07, 6.45) is 1.70. The number of nitro groups is 1. The molecule has 0 amide bonds. The summed E-state index contributed by atoms with van der Waals surface area (Å²) in [5.74, 6) is 0. The number of benzene rings is 2. The summed E-state index contributed by atoms with van der Waals surface area (Å²) in [7, 11) is 0. The van der Waals surface area contributed by atoms with Crippen LogP contribution in [0.1, 0.15) is 10.6 Å². The second-order valence-electron chi connectivity index (χ2n) is 5.03. The third-order valence-corrected chi connectivity index (χ3v) is 4.65. The van der Waals surface area contributed by atoms with Gasteiger partial charge in [0.1, 0.15) is 11.1 Å². The van der Waals surface area contributed by atoms with Gasteiger partial charge in [0.05, 0.1) is 16.2 Å². The van der Waals surface area contributed by atoms with Gasteiger partial charge in [0.2, 0.25) is 0 Å². The summed E-state index contributed by atoms with van der Waals surface area (Å²) >= 11 is 7.46. The van der Waals surface area contributed by atoms with E-state index < -0.39 is 4.92 Å². The van der Waals surface area contributed by atoms with Crippen LogP contribution in [-0.2, 0) is 0 Å². The van der Waals surface area contributed by atoms with E-state index in [1.807, 2.05) is 23.6 Å². The van der Waals surface area contributed by atoms with Crippen LogP contribution in [0.25, 0.3) is 22.9 Å². The lowest BCUT2D eigenvalue weighted by atomic mass is 10.1. The summed E-state index contributed by atoms with van der Waals surface area (Å²) < 4.78 is 0. The number of allylic oxidation sites excluding steroid dienone is 1. The number of non-ortho nitro benzene ring substituents is 1. The molecule has 5 nitrogen and oxygen atoms in total. The molecule has 0 aliphatic carbocycles. The first-order valence-corrected chi connectivity index (χ1v) is 8.41. The highest BCUT2D eigenvalue weighted by Crippen LogP contribution is 2.29. The van der Waals surface area contributed by atoms with Gasteiger partial charge in [-0.3, -0.25) is 10.1 Å². The van der Waals surface area contributed by atoms with Crippen LogP contribution in [0.4, 0.5) is 5.69 Å². The van der Waals surface area contributed by atoms with Crippen molar-refractivity contribution in [2.45, 2.75) is 0 Å². The molecule has 0 saturated heterocycles. The summed E-state index contributed by atoms with van der Waals surface area (Å²) in [4.78, 5) is 14.7. The Morgan fingerprint density at radius 3 is 2.60 bits per heavy atom. The van der Waals surface area contributed by atoms with E-state index in [0.29, 0.717) is 21.3 Å². The van der Waals surface area contributed by atoms with E-state index in [0.717, 1.165) is 11.1 Å². The van der Waals surface area contributed by atoms with Crippen molar-refractivity contribution < 1.29 is 4.92 Å². The number of hydrogen-bond acceptors (Lipinski definition) is 5. The molecular weight excluding hydrogens is 358 g/mol. The van der Waals surface area contributed by atoms with E-state index in [9.17, 15) is 15.4 Å². The van der Waals surface area contributed by atoms with Crippen molar-refractivity contribution in [1.82, 2.24) is 4.98 Å². The fourth-order valence-electron chi connectivity index (χ4n) is 2.17. The van der Waals surface area contributed by atoms with Crippen LogP contribution in [0, 0.1) is 21.4 Å². The fraction of sp³-hybridized carbons (Fsp3) is 0. The quantitative estimate of drug-likeness (QED) is 0.349. The fourth-order valence-corrected chi connectivity index (χ4v) is 3.16. The van der Waals surface area contributed by atoms with E-state index in [-0.39, 0.29) is 5.69 Å². The first-order chi connectivity index (χ1) is 12.1. The van der Waals surface area contributed by atoms with Crippen LogP contribution in [0.15, 0.2) is 53.9 Å². The molecule has 0 aliphatic rings. The highest BCUT2D eigenvalue weighted by molar-refractivity contribution is 7.11. The summed E-state index contributed by atoms with van der Waals surface area (Å²) in [6, 6.07) is 15.5. The number of rotatable bonds is 4. The van der Waals surface area contributed by atoms with Gasteiger partial charge in [-0.05, 0) is 29.8 Å². The predicted molar refractivity (Wildman–Crippen MR) is 99.1 cm³/mol. The van der Waals surface area contributed by atoms with E-state index in [1.165, 1.54) is 23.5 Å². The third kappa shape index (κ3) is 3.74. The number of halogens is 1. The molecule has 0 radical (unpaired) electrons. The molecule has 0 N–H and O–H groups in total. The second kappa shape index (κ2) is 7.26. The average molecular weight is 368 g/mol. The van der Waals surface area contributed by atoms with Gasteiger partial charge in [-0.25, -0.2) is 4.98 Å². The molecule has 0 bridgehead atoms. The van der Waals surface area contributed by atoms with Crippen LogP contribution < -0.4 is 0 Å². The largest absolute Gasteiger partial charge is 0.269 e. The molecule has 3 aromatic rings. The number of nitrogens with zero attached hydrogens (tertiary/aromatic N) is 3. The summed E-state index contributed by atoms with van der Waals surface area (Å²) in [5, 5.41) is 23.1. The molecule has 1 heterocycles. The lowest BCUT2D eigenvalue weighted by molar-refractivity contribution is -0.384. The predicted octanol–water partition coefficient (Wildman–Crippen LogP) is 5.44. The molecule has 1 aromatic heterocycles. The maximum atomic E-state index is 10.7. The van der Waals surface area contributed by atoms with Crippen LogP contribution >= 0.6 is 22.9 Å². The summed E-state index contributed by atoms with van der Waals surface area (Å²) in [5.41, 5.74) is 2.59. The second-order valence-corrected chi connectivity index (χ2v) is 6.30. The Morgan fingerprint density at radius 2 is 1.96 bits per heavy atom. The number of aromatic nitrogens is 1. The van der Waals surface area contributed by atoms with Crippen molar-refractivity contribution >= 4 is 40.3 Å². The molecule has 3 rings (SSSR count). The SMILES string of the molecule is N#CC(=Cc1ccccc1Cl)c1nc(-c2ccc([N+](=O)[O-])cc2)cs1. The molecule has 0 fully saturated rings. The molecule has 0 aliphatic heterocycles. The van der Waals surface area contributed by atoms with Crippen LogP contribution in [0.2, 0.25) is 5.02 Å². The molecular formula is C18H10ClN3O2S. The van der Waals surface area contributed by atoms with E-state index in [4.69, 9.17) is 11.6 Å². The molecule has 2 aromatic carbocycles. The number of nitro benzene ring substituents is 1. The summed E-state index contributed by atoms with van der Waals surface area (Å²) in [6.45, 7) is 0. The first kappa shape index (κ1) is 16.8. The average Bonchev–Trinajstić information content (AvgIpc) is 3.11. The van der Waals surface area contributed by atoms with Gasteiger partial charge >= 0.3 is 0 Å². The highest BCUT2D eigenvalue weighted by atomic mass is 35.5. The Kier molecular flexibility index (Phi) is 4.89. The standard InChI is InChI=1S/C18H10ClN3O2S/c19-16-4-2-1-3-13(16)9-14(10-20)18-21-17(11-25-18)12-5-7-15(8-6-12)22(23)24/h1-9,11H. The van der Waals surface area contributed by atoms with Gasteiger partial charge in [0, 0.05) is 28.1 Å². The minimum Gasteiger partial charge on any atom is -0.258 e. The first-order valence-electron chi connectivity index (χ1n) is 7.15. The van der Waals surface area contributed by atoms with Gasteiger partial charge < -0.3 is 0 Å². The molecule has 7 heteroatoms. The van der Waals surface area contributed by atoms with Gasteiger partial charge in [0.25, 0.3) is 5.69 Å². The zero-order valence-electron chi connectivity index (χ0n) is 12.7. The van der Waals surface area contributed by atoms with Gasteiger partial charge in [-0.2, -0.15) is 5.26 Å². The lowest BCUT2D eigenvalue weighted by Gasteiger charge is -1.99. The maximum absolute atomic E-state index is 10.7. The van der Waals surface area contributed by atoms with E-state index >= 15 is 0 Å². The highest BCUT2D eigenvalue weighted by Gasteiger charge is 2.11. The minimum atomic E-state index is -0.448. The zero-order valence-corrected chi connectivity index (χ0v) is 14.3. The van der Waals surface area contributed by atoms with Crippen molar-refractivity contribution in [2.75, 3.05) is 0 Å². The Balaban J connectivity index is 1.93. The van der Waals surface area contributed by atoms with Crippen molar-refractivity contribution in [1.29, 1.82) is 5.26 Å². The number of nitriles is 1. The molecule has 0 unspecified atom stereocenters. The number of thiazole rings is 1. The minimum absolute atomic E-state index is 0.0236. The topological polar surface area (TPSA) is 79.8 Å². The van der Waals surface area contributed by atoms with E-state index in [1.54, 1.807) is 24.3 Å². The Hall–Kier alpha value is -3.01. The molecule has 0 atom stereocenters. The van der Waals surface area contributed by atoms with Gasteiger partial charge in [0.15, 0.2) is 0 Å². The molecule has 122 valence electrons. The Bertz CT molecular complexity index is 1000. The van der Waals surface area contributed by atoms with Crippen molar-refractivity contribution in [3.05, 3.63) is 79.6 Å². The maximum Gasteiger partial charge on any atom is 0.269 e. The molecule has 0 saturated carbocycles. The van der Waals surface area contributed by atoms with Gasteiger partial charge in [-0.15, -0.1) is 11.3 Å². The van der Waals surface area contributed by atoms with Crippen molar-refractivity contribution in [2.24, 2.45) is 0 Å². The van der Waals surface area contributed by atoms with Crippen LogP contribution in [0.5, 0.6) is 0 Å². The van der Waals surface area contributed by atoms with Crippen LogP contribution in [0.3, 0.4) is 0 Å². The zero-order chi connectivity index (χ0) is 17.8. The van der Waals surface area contributed by atoms with Gasteiger partial charge in [-0.1, -0.05) is 29.8 Å². The molecule has 25 heavy (non-hydrogen) atoms. The molecule has 0 spiro atoms. The monoisotopic (exact) mass is 367 g/mol.